The Kier molecular flexibility index (Phi) is 4.26. The van der Waals surface area contributed by atoms with Crippen molar-refractivity contribution in [3.05, 3.63) is 46.9 Å². The number of aromatic nitrogens is 1. The van der Waals surface area contributed by atoms with Crippen LogP contribution in [0.3, 0.4) is 0 Å². The Labute approximate surface area is 121 Å². The maximum Gasteiger partial charge on any atom is 0.200 e. The predicted octanol–water partition coefficient (Wildman–Crippen LogP) is 3.52. The van der Waals surface area contributed by atoms with Crippen molar-refractivity contribution in [2.24, 2.45) is 0 Å². The summed E-state index contributed by atoms with van der Waals surface area (Å²) >= 11 is 0. The third kappa shape index (κ3) is 2.45. The van der Waals surface area contributed by atoms with Gasteiger partial charge in [-0.1, -0.05) is 0 Å². The van der Waals surface area contributed by atoms with Crippen LogP contribution in [-0.2, 0) is 6.42 Å². The molecule has 0 atom stereocenters. The summed E-state index contributed by atoms with van der Waals surface area (Å²) in [5.74, 6) is -10.6. The van der Waals surface area contributed by atoms with Crippen LogP contribution in [0.2, 0.25) is 0 Å². The van der Waals surface area contributed by atoms with Crippen molar-refractivity contribution in [1.82, 2.24) is 4.98 Å². The summed E-state index contributed by atoms with van der Waals surface area (Å²) in [6.07, 6.45) is -0.202. The molecule has 0 aliphatic rings. The maximum absolute atomic E-state index is 13.8. The molecule has 0 saturated carbocycles. The summed E-state index contributed by atoms with van der Waals surface area (Å²) in [5, 5.41) is 8.60. The van der Waals surface area contributed by atoms with Crippen LogP contribution >= 0.6 is 0 Å². The van der Waals surface area contributed by atoms with Gasteiger partial charge in [-0.3, -0.25) is 0 Å². The number of benzene rings is 1. The number of hydrogen-bond donors (Lipinski definition) is 0. The van der Waals surface area contributed by atoms with Gasteiger partial charge in [0.15, 0.2) is 23.3 Å². The monoisotopic (exact) mass is 314 g/mol. The Bertz CT molecular complexity index is 757. The van der Waals surface area contributed by atoms with Crippen LogP contribution in [0.15, 0.2) is 12.1 Å². The molecule has 3 nitrogen and oxygen atoms in total. The van der Waals surface area contributed by atoms with Gasteiger partial charge in [0.1, 0.15) is 11.4 Å². The third-order valence-corrected chi connectivity index (χ3v) is 2.84. The van der Waals surface area contributed by atoms with Crippen molar-refractivity contribution < 1.29 is 26.7 Å². The number of nitriles is 1. The summed E-state index contributed by atoms with van der Waals surface area (Å²) in [5.41, 5.74) is -1.67. The SMILES string of the molecule is COc1ccc(CC#N)nc1-c1c(F)c(F)c(F)c(F)c1F. The molecule has 22 heavy (non-hydrogen) atoms. The van der Waals surface area contributed by atoms with Crippen molar-refractivity contribution in [2.45, 2.75) is 6.42 Å². The van der Waals surface area contributed by atoms with E-state index in [2.05, 4.69) is 4.98 Å². The van der Waals surface area contributed by atoms with Gasteiger partial charge in [-0.25, -0.2) is 26.9 Å². The standard InChI is InChI=1S/C14H7F5N2O/c1-22-7-3-2-6(4-5-20)21-14(7)8-9(15)11(17)13(19)12(18)10(8)16/h2-3H,4H2,1H3. The minimum absolute atomic E-state index is 0.0993. The van der Waals surface area contributed by atoms with E-state index in [0.29, 0.717) is 0 Å². The van der Waals surface area contributed by atoms with Crippen molar-refractivity contribution in [3.63, 3.8) is 0 Å². The highest BCUT2D eigenvalue weighted by Gasteiger charge is 2.29. The van der Waals surface area contributed by atoms with Crippen LogP contribution in [0.1, 0.15) is 5.69 Å². The lowest BCUT2D eigenvalue weighted by atomic mass is 10.1. The van der Waals surface area contributed by atoms with Crippen LogP contribution in [0, 0.1) is 40.4 Å². The summed E-state index contributed by atoms with van der Waals surface area (Å²) in [6.45, 7) is 0. The normalized spacial score (nSPS) is 10.4. The van der Waals surface area contributed by atoms with Gasteiger partial charge in [0.2, 0.25) is 5.82 Å². The molecule has 1 heterocycles. The third-order valence-electron chi connectivity index (χ3n) is 2.84. The first-order valence-electron chi connectivity index (χ1n) is 5.85. The highest BCUT2D eigenvalue weighted by molar-refractivity contribution is 5.68. The van der Waals surface area contributed by atoms with Crippen LogP contribution in [0.4, 0.5) is 22.0 Å². The highest BCUT2D eigenvalue weighted by Crippen LogP contribution is 2.35. The number of nitrogens with zero attached hydrogens (tertiary/aromatic N) is 2. The molecule has 0 aliphatic carbocycles. The first-order valence-corrected chi connectivity index (χ1v) is 5.85. The highest BCUT2D eigenvalue weighted by atomic mass is 19.2. The van der Waals surface area contributed by atoms with E-state index in [9.17, 15) is 22.0 Å². The Morgan fingerprint density at radius 1 is 1.00 bits per heavy atom. The second-order valence-corrected chi connectivity index (χ2v) is 4.13. The lowest BCUT2D eigenvalue weighted by Crippen LogP contribution is -2.06. The van der Waals surface area contributed by atoms with E-state index in [1.54, 1.807) is 6.07 Å². The summed E-state index contributed by atoms with van der Waals surface area (Å²) in [4.78, 5) is 3.75. The molecule has 0 fully saturated rings. The van der Waals surface area contributed by atoms with Gasteiger partial charge in [-0.2, -0.15) is 5.26 Å². The second kappa shape index (κ2) is 5.97. The molecule has 1 aromatic heterocycles. The zero-order chi connectivity index (χ0) is 16.4. The molecule has 0 unspecified atom stereocenters. The number of pyridine rings is 1. The lowest BCUT2D eigenvalue weighted by molar-refractivity contribution is 0.379. The Morgan fingerprint density at radius 2 is 1.55 bits per heavy atom. The number of hydrogen-bond acceptors (Lipinski definition) is 3. The quantitative estimate of drug-likeness (QED) is 0.495. The fourth-order valence-electron chi connectivity index (χ4n) is 1.82. The van der Waals surface area contributed by atoms with Crippen LogP contribution in [0.5, 0.6) is 5.75 Å². The van der Waals surface area contributed by atoms with Gasteiger partial charge in [0.25, 0.3) is 0 Å². The molecule has 0 amide bonds. The summed E-state index contributed by atoms with van der Waals surface area (Å²) in [6, 6.07) is 4.34. The van der Waals surface area contributed by atoms with Crippen molar-refractivity contribution in [1.29, 1.82) is 5.26 Å². The fraction of sp³-hybridized carbons (Fsp3) is 0.143. The van der Waals surface area contributed by atoms with Crippen LogP contribution in [-0.4, -0.2) is 12.1 Å². The minimum atomic E-state index is -2.26. The summed E-state index contributed by atoms with van der Waals surface area (Å²) < 4.78 is 72.2. The van der Waals surface area contributed by atoms with Crippen molar-refractivity contribution >= 4 is 0 Å². The first kappa shape index (κ1) is 15.7. The molecule has 0 aliphatic heterocycles. The molecule has 2 aromatic rings. The van der Waals surface area contributed by atoms with Gasteiger partial charge in [0, 0.05) is 0 Å². The van der Waals surface area contributed by atoms with Gasteiger partial charge in [-0.05, 0) is 12.1 Å². The van der Waals surface area contributed by atoms with Gasteiger partial charge in [-0.15, -0.1) is 0 Å². The first-order chi connectivity index (χ1) is 10.4. The molecule has 0 radical (unpaired) electrons. The average molecular weight is 314 g/mol. The average Bonchev–Trinajstić information content (AvgIpc) is 2.52. The van der Waals surface area contributed by atoms with E-state index in [-0.39, 0.29) is 17.9 Å². The topological polar surface area (TPSA) is 45.9 Å². The van der Waals surface area contributed by atoms with E-state index in [0.717, 1.165) is 7.11 Å². The molecule has 0 bridgehead atoms. The maximum atomic E-state index is 13.8. The molecule has 0 spiro atoms. The van der Waals surface area contributed by atoms with E-state index in [1.165, 1.54) is 12.1 Å². The molecule has 114 valence electrons. The zero-order valence-electron chi connectivity index (χ0n) is 11.1. The fourth-order valence-corrected chi connectivity index (χ4v) is 1.82. The van der Waals surface area contributed by atoms with E-state index in [1.807, 2.05) is 0 Å². The van der Waals surface area contributed by atoms with Crippen LogP contribution in [0.25, 0.3) is 11.3 Å². The van der Waals surface area contributed by atoms with Gasteiger partial charge < -0.3 is 4.74 Å². The van der Waals surface area contributed by atoms with E-state index >= 15 is 0 Å². The molecular formula is C14H7F5N2O. The largest absolute Gasteiger partial charge is 0.494 e. The van der Waals surface area contributed by atoms with Gasteiger partial charge >= 0.3 is 0 Å². The van der Waals surface area contributed by atoms with Crippen LogP contribution < -0.4 is 4.74 Å². The predicted molar refractivity (Wildman–Crippen MR) is 65.3 cm³/mol. The minimum Gasteiger partial charge on any atom is -0.494 e. The molecule has 0 N–H and O–H groups in total. The number of rotatable bonds is 3. The van der Waals surface area contributed by atoms with Crippen molar-refractivity contribution in [3.8, 4) is 23.1 Å². The Morgan fingerprint density at radius 3 is 2.05 bits per heavy atom. The molecule has 0 saturated heterocycles. The lowest BCUT2D eigenvalue weighted by Gasteiger charge is -2.12. The molecule has 8 heteroatoms. The number of ether oxygens (including phenoxy) is 1. The summed E-state index contributed by atoms with van der Waals surface area (Å²) in [7, 11) is 1.15. The van der Waals surface area contributed by atoms with E-state index < -0.39 is 40.3 Å². The second-order valence-electron chi connectivity index (χ2n) is 4.13. The molecular weight excluding hydrogens is 307 g/mol. The number of methoxy groups -OCH3 is 1. The van der Waals surface area contributed by atoms with E-state index in [4.69, 9.17) is 10.00 Å². The number of halogens is 5. The Balaban J connectivity index is 2.82. The molecule has 1 aromatic carbocycles. The Hall–Kier alpha value is -2.69. The van der Waals surface area contributed by atoms with Crippen molar-refractivity contribution in [2.75, 3.05) is 7.11 Å². The smallest absolute Gasteiger partial charge is 0.200 e. The zero-order valence-corrected chi connectivity index (χ0v) is 11.1. The molecule has 2 rings (SSSR count). The van der Waals surface area contributed by atoms with Gasteiger partial charge in [0.05, 0.1) is 30.9 Å².